The number of hydrogen-bond donors (Lipinski definition) is 2. The number of aromatic nitrogens is 3. The van der Waals surface area contributed by atoms with E-state index >= 15 is 0 Å². The molecule has 1 aromatic carbocycles. The molecule has 3 N–H and O–H groups in total. The first-order valence-electron chi connectivity index (χ1n) is 11.1. The molecule has 1 aliphatic rings. The predicted molar refractivity (Wildman–Crippen MR) is 132 cm³/mol. The maximum Gasteiger partial charge on any atom is 0.219 e. The molecule has 0 unspecified atom stereocenters. The number of nitrogens with zero attached hydrogens (tertiary/aromatic N) is 5. The van der Waals surface area contributed by atoms with E-state index in [-0.39, 0.29) is 17.9 Å². The summed E-state index contributed by atoms with van der Waals surface area (Å²) < 4.78 is 0. The third-order valence-corrected chi connectivity index (χ3v) is 6.01. The number of nitrogens with one attached hydrogen (secondary N) is 1. The molecule has 1 saturated heterocycles. The van der Waals surface area contributed by atoms with Crippen LogP contribution in [0.3, 0.4) is 0 Å². The molecule has 170 valence electrons. The highest BCUT2D eigenvalue weighted by Crippen LogP contribution is 2.32. The maximum absolute atomic E-state index is 12.2. The lowest BCUT2D eigenvalue weighted by molar-refractivity contribution is -0.132. The first-order chi connectivity index (χ1) is 16.0. The van der Waals surface area contributed by atoms with Gasteiger partial charge in [0.05, 0.1) is 11.4 Å². The van der Waals surface area contributed by atoms with E-state index in [1.165, 1.54) is 0 Å². The normalized spacial score (nSPS) is 18.5. The molecule has 0 aliphatic carbocycles. The Bertz CT molecular complexity index is 1160. The van der Waals surface area contributed by atoms with E-state index in [4.69, 9.17) is 15.7 Å². The standard InChI is InChI=1S/C25H29N7O/c1-16-9-10-19(15-32(16)17(2)33)25-30-23(18-6-5-11-28-13-18)12-24(31-25)29-22-8-4-7-21(26)20(22)14-27-3/h4-8,11-14,16,19H,9-10,15,26H2,1-3H3,(H,29,30,31)/t16-,19+/m0/s1. The van der Waals surface area contributed by atoms with Gasteiger partial charge in [0.1, 0.15) is 11.6 Å². The summed E-state index contributed by atoms with van der Waals surface area (Å²) in [4.78, 5) is 32.2. The molecule has 1 fully saturated rings. The van der Waals surface area contributed by atoms with Crippen LogP contribution in [0.1, 0.15) is 44.0 Å². The molecule has 3 heterocycles. The van der Waals surface area contributed by atoms with E-state index in [1.54, 1.807) is 32.6 Å². The van der Waals surface area contributed by atoms with E-state index < -0.39 is 0 Å². The van der Waals surface area contributed by atoms with Gasteiger partial charge in [-0.05, 0) is 44.0 Å². The van der Waals surface area contributed by atoms with E-state index in [0.29, 0.717) is 23.9 Å². The van der Waals surface area contributed by atoms with Gasteiger partial charge in [-0.1, -0.05) is 6.07 Å². The number of rotatable bonds is 5. The van der Waals surface area contributed by atoms with Crippen molar-refractivity contribution in [2.45, 2.75) is 38.6 Å². The molecule has 4 rings (SSSR count). The van der Waals surface area contributed by atoms with E-state index in [1.807, 2.05) is 41.3 Å². The third kappa shape index (κ3) is 5.00. The molecule has 8 heteroatoms. The molecule has 1 amide bonds. The van der Waals surface area contributed by atoms with Gasteiger partial charge in [-0.15, -0.1) is 0 Å². The predicted octanol–water partition coefficient (Wildman–Crippen LogP) is 4.03. The van der Waals surface area contributed by atoms with Crippen LogP contribution in [-0.4, -0.2) is 51.6 Å². The molecular weight excluding hydrogens is 414 g/mol. The monoisotopic (exact) mass is 443 g/mol. The largest absolute Gasteiger partial charge is 0.398 e. The van der Waals surface area contributed by atoms with Crippen molar-refractivity contribution in [2.24, 2.45) is 4.99 Å². The number of aliphatic imine (C=N–C) groups is 1. The Balaban J connectivity index is 1.75. The van der Waals surface area contributed by atoms with Gasteiger partial charge in [0.25, 0.3) is 0 Å². The van der Waals surface area contributed by atoms with Gasteiger partial charge in [-0.2, -0.15) is 0 Å². The summed E-state index contributed by atoms with van der Waals surface area (Å²) in [5, 5.41) is 3.41. The minimum atomic E-state index is 0.0554. The summed E-state index contributed by atoms with van der Waals surface area (Å²) >= 11 is 0. The molecule has 33 heavy (non-hydrogen) atoms. The van der Waals surface area contributed by atoms with Crippen molar-refractivity contribution in [3.05, 3.63) is 60.2 Å². The number of hydrogen-bond acceptors (Lipinski definition) is 7. The van der Waals surface area contributed by atoms with Crippen molar-refractivity contribution < 1.29 is 4.79 Å². The van der Waals surface area contributed by atoms with Crippen molar-refractivity contribution in [1.29, 1.82) is 0 Å². The summed E-state index contributed by atoms with van der Waals surface area (Å²) in [5.74, 6) is 1.51. The van der Waals surface area contributed by atoms with Gasteiger partial charge in [-0.3, -0.25) is 14.8 Å². The minimum Gasteiger partial charge on any atom is -0.398 e. The fourth-order valence-corrected chi connectivity index (χ4v) is 4.23. The summed E-state index contributed by atoms with van der Waals surface area (Å²) in [6, 6.07) is 11.7. The lowest BCUT2D eigenvalue weighted by Gasteiger charge is -2.37. The van der Waals surface area contributed by atoms with Gasteiger partial charge >= 0.3 is 0 Å². The van der Waals surface area contributed by atoms with E-state index in [0.717, 1.165) is 35.3 Å². The highest BCUT2D eigenvalue weighted by Gasteiger charge is 2.30. The Hall–Kier alpha value is -3.81. The number of anilines is 3. The molecule has 0 spiro atoms. The SMILES string of the molecule is CN=Cc1c(N)cccc1Nc1cc(-c2cccnc2)nc([C@@H]2CC[C@H](C)N(C(C)=O)C2)n1. The van der Waals surface area contributed by atoms with Gasteiger partial charge in [0.2, 0.25) is 5.91 Å². The topological polar surface area (TPSA) is 109 Å². The maximum atomic E-state index is 12.2. The zero-order valence-corrected chi connectivity index (χ0v) is 19.2. The zero-order valence-electron chi connectivity index (χ0n) is 19.2. The number of carbonyl (C=O) groups is 1. The highest BCUT2D eigenvalue weighted by molar-refractivity contribution is 5.95. The molecule has 0 saturated carbocycles. The van der Waals surface area contributed by atoms with Gasteiger partial charge in [0.15, 0.2) is 0 Å². The van der Waals surface area contributed by atoms with E-state index in [9.17, 15) is 4.79 Å². The third-order valence-electron chi connectivity index (χ3n) is 6.01. The Morgan fingerprint density at radius 1 is 1.24 bits per heavy atom. The van der Waals surface area contributed by atoms with Crippen LogP contribution >= 0.6 is 0 Å². The van der Waals surface area contributed by atoms with Crippen LogP contribution < -0.4 is 11.1 Å². The number of likely N-dealkylation sites (tertiary alicyclic amines) is 1. The van der Waals surface area contributed by atoms with E-state index in [2.05, 4.69) is 22.2 Å². The molecule has 1 aliphatic heterocycles. The van der Waals surface area contributed by atoms with Gasteiger partial charge in [0, 0.05) is 74.0 Å². The molecule has 2 aromatic heterocycles. The van der Waals surface area contributed by atoms with Crippen LogP contribution in [0.5, 0.6) is 0 Å². The Labute approximate surface area is 194 Å². The van der Waals surface area contributed by atoms with Crippen LogP contribution in [0.15, 0.2) is 53.8 Å². The van der Waals surface area contributed by atoms with Crippen molar-refractivity contribution in [3.8, 4) is 11.3 Å². The van der Waals surface area contributed by atoms with Crippen molar-refractivity contribution >= 4 is 29.3 Å². The average Bonchev–Trinajstić information content (AvgIpc) is 2.82. The summed E-state index contributed by atoms with van der Waals surface area (Å²) in [7, 11) is 1.71. The van der Waals surface area contributed by atoms with Gasteiger partial charge in [-0.25, -0.2) is 9.97 Å². The summed E-state index contributed by atoms with van der Waals surface area (Å²) in [6.07, 6.45) is 7.10. The van der Waals surface area contributed by atoms with Crippen molar-refractivity contribution in [2.75, 3.05) is 24.6 Å². The zero-order chi connectivity index (χ0) is 23.4. The molecule has 2 atom stereocenters. The molecule has 8 nitrogen and oxygen atoms in total. The quantitative estimate of drug-likeness (QED) is 0.455. The number of piperidine rings is 1. The van der Waals surface area contributed by atoms with Crippen LogP contribution in [0.25, 0.3) is 11.3 Å². The highest BCUT2D eigenvalue weighted by atomic mass is 16.2. The van der Waals surface area contributed by atoms with Crippen LogP contribution in [-0.2, 0) is 4.79 Å². The van der Waals surface area contributed by atoms with Crippen molar-refractivity contribution in [1.82, 2.24) is 19.9 Å². The van der Waals surface area contributed by atoms with Crippen LogP contribution in [0, 0.1) is 0 Å². The lowest BCUT2D eigenvalue weighted by atomic mass is 9.92. The Kier molecular flexibility index (Phi) is 6.63. The fraction of sp³-hybridized carbons (Fsp3) is 0.320. The molecular formula is C25H29N7O. The number of nitrogens with two attached hydrogens (primary N) is 1. The second-order valence-corrected chi connectivity index (χ2v) is 8.35. The summed E-state index contributed by atoms with van der Waals surface area (Å²) in [5.41, 5.74) is 10.1. The number of pyridine rings is 1. The molecule has 0 bridgehead atoms. The summed E-state index contributed by atoms with van der Waals surface area (Å²) in [6.45, 7) is 4.32. The Morgan fingerprint density at radius 3 is 2.82 bits per heavy atom. The Morgan fingerprint density at radius 2 is 2.09 bits per heavy atom. The smallest absolute Gasteiger partial charge is 0.219 e. The van der Waals surface area contributed by atoms with Crippen LogP contribution in [0.4, 0.5) is 17.2 Å². The lowest BCUT2D eigenvalue weighted by Crippen LogP contribution is -2.44. The second kappa shape index (κ2) is 9.77. The average molecular weight is 444 g/mol. The number of amides is 1. The first-order valence-corrected chi connectivity index (χ1v) is 11.1. The molecule has 0 radical (unpaired) electrons. The first kappa shape index (κ1) is 22.4. The number of benzene rings is 1. The minimum absolute atomic E-state index is 0.0554. The van der Waals surface area contributed by atoms with Crippen molar-refractivity contribution in [3.63, 3.8) is 0 Å². The number of carbonyl (C=O) groups excluding carboxylic acids is 1. The van der Waals surface area contributed by atoms with Crippen LogP contribution in [0.2, 0.25) is 0 Å². The molecule has 3 aromatic rings. The number of nitrogen functional groups attached to an aromatic ring is 1. The van der Waals surface area contributed by atoms with Gasteiger partial charge < -0.3 is 16.0 Å². The second-order valence-electron chi connectivity index (χ2n) is 8.35. The fourth-order valence-electron chi connectivity index (χ4n) is 4.23.